The molecule has 1 atom stereocenters. The van der Waals surface area contributed by atoms with Gasteiger partial charge in [0.1, 0.15) is 5.75 Å². The number of carbonyl (C=O) groups is 2. The van der Waals surface area contributed by atoms with Crippen LogP contribution in [-0.2, 0) is 9.53 Å². The smallest absolute Gasteiger partial charge is 0.337 e. The molecule has 3 aromatic carbocycles. The Morgan fingerprint density at radius 1 is 1.00 bits per heavy atom. The van der Waals surface area contributed by atoms with E-state index in [2.05, 4.69) is 23.4 Å². The second-order valence-corrected chi connectivity index (χ2v) is 9.74. The summed E-state index contributed by atoms with van der Waals surface area (Å²) in [4.78, 5) is 28.7. The number of nitrogens with zero attached hydrogens (tertiary/aromatic N) is 1. The fourth-order valence-electron chi connectivity index (χ4n) is 3.21. The van der Waals surface area contributed by atoms with E-state index < -0.39 is 12.1 Å². The largest absolute Gasteiger partial charge is 0.493 e. The summed E-state index contributed by atoms with van der Waals surface area (Å²) in [6.07, 6.45) is 0.0792. The van der Waals surface area contributed by atoms with E-state index in [1.165, 1.54) is 18.9 Å². The minimum Gasteiger partial charge on any atom is -0.493 e. The molecule has 3 rings (SSSR count). The van der Waals surface area contributed by atoms with E-state index in [4.69, 9.17) is 19.9 Å². The molecule has 202 valence electrons. The van der Waals surface area contributed by atoms with E-state index in [-0.39, 0.29) is 0 Å². The van der Waals surface area contributed by atoms with Gasteiger partial charge in [0.15, 0.2) is 23.9 Å². The molecular formula is C28H32N2O6S2. The highest BCUT2D eigenvalue weighted by molar-refractivity contribution is 7.99. The van der Waals surface area contributed by atoms with E-state index >= 15 is 0 Å². The molecule has 0 aliphatic heterocycles. The third-order valence-electron chi connectivity index (χ3n) is 5.06. The Hall–Kier alpha value is -3.47. The van der Waals surface area contributed by atoms with Crippen molar-refractivity contribution in [2.24, 2.45) is 10.7 Å². The highest BCUT2D eigenvalue weighted by Crippen LogP contribution is 2.39. The van der Waals surface area contributed by atoms with E-state index in [0.717, 1.165) is 33.1 Å². The van der Waals surface area contributed by atoms with Crippen molar-refractivity contribution >= 4 is 48.2 Å². The summed E-state index contributed by atoms with van der Waals surface area (Å²) >= 11 is 3.22. The molecule has 38 heavy (non-hydrogen) atoms. The number of ether oxygens (including phenoxy) is 4. The first-order valence-electron chi connectivity index (χ1n) is 11.5. The molecular weight excluding hydrogens is 524 g/mol. The van der Waals surface area contributed by atoms with Crippen LogP contribution in [0.1, 0.15) is 28.9 Å². The molecule has 8 nitrogen and oxygen atoms in total. The number of nitrogens with two attached hydrogens (primary N) is 1. The summed E-state index contributed by atoms with van der Waals surface area (Å²) in [7, 11) is 4.51. The normalized spacial score (nSPS) is 10.9. The molecule has 0 fully saturated rings. The van der Waals surface area contributed by atoms with Crippen LogP contribution in [0.2, 0.25) is 0 Å². The summed E-state index contributed by atoms with van der Waals surface area (Å²) in [5, 5.41) is 0. The quantitative estimate of drug-likeness (QED) is 0.0951. The van der Waals surface area contributed by atoms with E-state index in [0.29, 0.717) is 28.7 Å². The van der Waals surface area contributed by atoms with Gasteiger partial charge in [-0.15, -0.1) is 23.5 Å². The number of hydrogen-bond acceptors (Lipinski definition) is 10. The summed E-state index contributed by atoms with van der Waals surface area (Å²) < 4.78 is 20.7. The predicted octanol–water partition coefficient (Wildman–Crippen LogP) is 5.95. The number of aldehydes is 1. The highest BCUT2D eigenvalue weighted by Gasteiger charge is 2.13. The van der Waals surface area contributed by atoms with Crippen molar-refractivity contribution in [1.82, 2.24) is 0 Å². The minimum absolute atomic E-state index is 0.410. The molecule has 0 amide bonds. The number of benzene rings is 3. The van der Waals surface area contributed by atoms with Crippen LogP contribution in [0, 0.1) is 0 Å². The van der Waals surface area contributed by atoms with Crippen molar-refractivity contribution in [3.63, 3.8) is 0 Å². The summed E-state index contributed by atoms with van der Waals surface area (Å²) in [5.74, 6) is 2.90. The Morgan fingerprint density at radius 3 is 2.13 bits per heavy atom. The molecule has 2 N–H and O–H groups in total. The average Bonchev–Trinajstić information content (AvgIpc) is 2.96. The van der Waals surface area contributed by atoms with Crippen LogP contribution in [-0.4, -0.2) is 51.9 Å². The molecule has 0 saturated carbocycles. The Labute approximate surface area is 231 Å². The Kier molecular flexibility index (Phi) is 13.3. The topological polar surface area (TPSA) is 109 Å². The molecule has 0 saturated heterocycles. The van der Waals surface area contributed by atoms with Crippen molar-refractivity contribution in [2.45, 2.75) is 22.8 Å². The number of aliphatic imine (C=N–C) groups is 1. The average molecular weight is 557 g/mol. The van der Waals surface area contributed by atoms with Crippen LogP contribution in [0.5, 0.6) is 17.2 Å². The van der Waals surface area contributed by atoms with Gasteiger partial charge in [-0.25, -0.2) is 4.79 Å². The highest BCUT2D eigenvalue weighted by atomic mass is 32.2. The zero-order valence-electron chi connectivity index (χ0n) is 21.8. The maximum atomic E-state index is 11.4. The van der Waals surface area contributed by atoms with Crippen molar-refractivity contribution in [3.8, 4) is 17.2 Å². The first-order valence-corrected chi connectivity index (χ1v) is 13.5. The second kappa shape index (κ2) is 16.4. The maximum Gasteiger partial charge on any atom is 0.337 e. The fraction of sp³-hybridized carbons (Fsp3) is 0.250. The summed E-state index contributed by atoms with van der Waals surface area (Å²) in [6.45, 7) is 5.60. The van der Waals surface area contributed by atoms with Gasteiger partial charge in [-0.2, -0.15) is 0 Å². The van der Waals surface area contributed by atoms with Gasteiger partial charge in [0, 0.05) is 21.7 Å². The third-order valence-corrected chi connectivity index (χ3v) is 6.75. The van der Waals surface area contributed by atoms with Crippen LogP contribution in [0.15, 0.2) is 75.4 Å². The zero-order valence-corrected chi connectivity index (χ0v) is 23.5. The van der Waals surface area contributed by atoms with Crippen molar-refractivity contribution in [2.75, 3.05) is 33.0 Å². The Balaban J connectivity index is 0.000000293. The van der Waals surface area contributed by atoms with Gasteiger partial charge >= 0.3 is 5.97 Å². The van der Waals surface area contributed by atoms with Crippen LogP contribution < -0.4 is 19.9 Å². The molecule has 0 spiro atoms. The lowest BCUT2D eigenvalue weighted by Crippen LogP contribution is -2.09. The number of methoxy groups -OCH3 is 3. The molecule has 10 heteroatoms. The molecule has 0 aromatic heterocycles. The molecule has 0 aliphatic carbocycles. The molecule has 1 unspecified atom stereocenters. The second-order valence-electron chi connectivity index (χ2n) is 7.34. The monoisotopic (exact) mass is 556 g/mol. The van der Waals surface area contributed by atoms with Gasteiger partial charge in [-0.3, -0.25) is 9.79 Å². The van der Waals surface area contributed by atoms with E-state index in [1.54, 1.807) is 56.3 Å². The number of thioether (sulfide) groups is 2. The van der Waals surface area contributed by atoms with Gasteiger partial charge in [0.05, 0.1) is 32.6 Å². The van der Waals surface area contributed by atoms with Gasteiger partial charge in [0.2, 0.25) is 0 Å². The lowest BCUT2D eigenvalue weighted by molar-refractivity contribution is -0.113. The van der Waals surface area contributed by atoms with Gasteiger partial charge in [0.25, 0.3) is 0 Å². The first kappa shape index (κ1) is 30.8. The minimum atomic E-state index is -0.681. The Bertz CT molecular complexity index is 1190. The molecule has 3 aromatic rings. The van der Waals surface area contributed by atoms with E-state index in [1.807, 2.05) is 30.3 Å². The van der Waals surface area contributed by atoms with Crippen molar-refractivity contribution < 1.29 is 28.5 Å². The molecule has 0 bridgehead atoms. The molecule has 0 aliphatic rings. The lowest BCUT2D eigenvalue weighted by Gasteiger charge is -2.14. The summed E-state index contributed by atoms with van der Waals surface area (Å²) in [6, 6.07) is 17.8. The number of esters is 1. The summed E-state index contributed by atoms with van der Waals surface area (Å²) in [5.41, 5.74) is 7.45. The standard InChI is InChI=1S/C18H18O4S.C10H14N2O2S/c1-3-23-16-10-6-13(7-11-16)17(12-19)22-15-8-4-14(5-9-15)18(20)21-2;1-12-7-4-8(13-2)9(14-3)5-10(7)15-6-11/h4-12,17H,3H2,1-2H3;4-5H,1,6,11H2,2-3H3. The lowest BCUT2D eigenvalue weighted by atomic mass is 10.1. The Morgan fingerprint density at radius 2 is 1.63 bits per heavy atom. The van der Waals surface area contributed by atoms with Gasteiger partial charge in [-0.05, 0) is 60.5 Å². The van der Waals surface area contributed by atoms with E-state index in [9.17, 15) is 9.59 Å². The number of hydrogen-bond donors (Lipinski definition) is 1. The van der Waals surface area contributed by atoms with Crippen LogP contribution in [0.4, 0.5) is 5.69 Å². The fourth-order valence-corrected chi connectivity index (χ4v) is 4.51. The van der Waals surface area contributed by atoms with Crippen molar-refractivity contribution in [3.05, 3.63) is 71.8 Å². The van der Waals surface area contributed by atoms with Gasteiger partial charge in [-0.1, -0.05) is 19.1 Å². The van der Waals surface area contributed by atoms with Crippen LogP contribution in [0.25, 0.3) is 0 Å². The molecule has 0 heterocycles. The number of rotatable bonds is 12. The van der Waals surface area contributed by atoms with Crippen LogP contribution >= 0.6 is 23.5 Å². The van der Waals surface area contributed by atoms with Crippen LogP contribution in [0.3, 0.4) is 0 Å². The predicted molar refractivity (Wildman–Crippen MR) is 154 cm³/mol. The third kappa shape index (κ3) is 8.83. The molecule has 0 radical (unpaired) electrons. The number of carbonyl (C=O) groups excluding carboxylic acids is 2. The maximum absolute atomic E-state index is 11.4. The SMILES string of the molecule is C=Nc1cc(OC)c(OC)cc1SCN.CCSc1ccc(C(C=O)Oc2ccc(C(=O)OC)cc2)cc1. The van der Waals surface area contributed by atoms with Crippen molar-refractivity contribution in [1.29, 1.82) is 0 Å². The zero-order chi connectivity index (χ0) is 27.9. The first-order chi connectivity index (χ1) is 18.4. The van der Waals surface area contributed by atoms with Gasteiger partial charge < -0.3 is 24.7 Å².